The SMILES string of the molecule is Nc1cc(C(=O)Nc2ccc(Br)c(Cl)c2Cl)ccn1. The van der Waals surface area contributed by atoms with Crippen molar-refractivity contribution in [3.63, 3.8) is 0 Å². The van der Waals surface area contributed by atoms with E-state index in [1.807, 2.05) is 0 Å². The van der Waals surface area contributed by atoms with Crippen molar-refractivity contribution < 1.29 is 4.79 Å². The van der Waals surface area contributed by atoms with Crippen molar-refractivity contribution in [1.29, 1.82) is 0 Å². The van der Waals surface area contributed by atoms with E-state index in [9.17, 15) is 4.79 Å². The first-order valence-electron chi connectivity index (χ1n) is 5.15. The molecule has 3 N–H and O–H groups in total. The minimum Gasteiger partial charge on any atom is -0.384 e. The predicted molar refractivity (Wildman–Crippen MR) is 80.8 cm³/mol. The topological polar surface area (TPSA) is 68.0 Å². The molecule has 0 atom stereocenters. The van der Waals surface area contributed by atoms with Gasteiger partial charge in [0, 0.05) is 16.2 Å². The molecule has 0 saturated carbocycles. The Labute approximate surface area is 128 Å². The molecule has 0 unspecified atom stereocenters. The summed E-state index contributed by atoms with van der Waals surface area (Å²) in [5, 5.41) is 3.27. The highest BCUT2D eigenvalue weighted by molar-refractivity contribution is 9.10. The van der Waals surface area contributed by atoms with Crippen molar-refractivity contribution in [3.8, 4) is 0 Å². The monoisotopic (exact) mass is 359 g/mol. The first-order valence-corrected chi connectivity index (χ1v) is 6.70. The van der Waals surface area contributed by atoms with Crippen molar-refractivity contribution in [3.05, 3.63) is 50.5 Å². The van der Waals surface area contributed by atoms with Crippen LogP contribution < -0.4 is 11.1 Å². The second-order valence-electron chi connectivity index (χ2n) is 3.65. The molecule has 0 aliphatic heterocycles. The van der Waals surface area contributed by atoms with Crippen LogP contribution in [-0.4, -0.2) is 10.9 Å². The predicted octanol–water partition coefficient (Wildman–Crippen LogP) is 3.99. The molecule has 0 aliphatic carbocycles. The van der Waals surface area contributed by atoms with E-state index in [0.29, 0.717) is 20.7 Å². The van der Waals surface area contributed by atoms with E-state index in [4.69, 9.17) is 28.9 Å². The number of nitrogens with one attached hydrogen (secondary N) is 1. The van der Waals surface area contributed by atoms with Crippen LogP contribution in [0.25, 0.3) is 0 Å². The Morgan fingerprint density at radius 1 is 1.26 bits per heavy atom. The van der Waals surface area contributed by atoms with Gasteiger partial charge in [0.15, 0.2) is 0 Å². The molecule has 2 rings (SSSR count). The molecule has 0 bridgehead atoms. The average molecular weight is 361 g/mol. The van der Waals surface area contributed by atoms with Gasteiger partial charge in [-0.15, -0.1) is 0 Å². The number of benzene rings is 1. The minimum absolute atomic E-state index is 0.270. The van der Waals surface area contributed by atoms with Crippen LogP contribution in [0.1, 0.15) is 10.4 Å². The summed E-state index contributed by atoms with van der Waals surface area (Å²) < 4.78 is 0.658. The molecular weight excluding hydrogens is 353 g/mol. The minimum atomic E-state index is -0.339. The zero-order valence-corrected chi connectivity index (χ0v) is 12.6. The Kier molecular flexibility index (Phi) is 4.29. The Bertz CT molecular complexity index is 649. The molecule has 7 heteroatoms. The van der Waals surface area contributed by atoms with E-state index in [1.165, 1.54) is 12.3 Å². The largest absolute Gasteiger partial charge is 0.384 e. The lowest BCUT2D eigenvalue weighted by Crippen LogP contribution is -2.12. The van der Waals surface area contributed by atoms with Gasteiger partial charge in [-0.2, -0.15) is 0 Å². The standard InChI is InChI=1S/C12H8BrCl2N3O/c13-7-1-2-8(11(15)10(7)14)18-12(19)6-3-4-17-9(16)5-6/h1-5H,(H2,16,17)(H,18,19). The molecule has 0 saturated heterocycles. The molecule has 1 heterocycles. The smallest absolute Gasteiger partial charge is 0.255 e. The summed E-state index contributed by atoms with van der Waals surface area (Å²) in [6.07, 6.45) is 1.46. The van der Waals surface area contributed by atoms with Crippen LogP contribution in [0.5, 0.6) is 0 Å². The molecule has 0 radical (unpaired) electrons. The number of hydrogen-bond donors (Lipinski definition) is 2. The number of rotatable bonds is 2. The molecule has 98 valence electrons. The van der Waals surface area contributed by atoms with Crippen LogP contribution in [0, 0.1) is 0 Å². The normalized spacial score (nSPS) is 10.3. The fourth-order valence-electron chi connectivity index (χ4n) is 1.41. The zero-order chi connectivity index (χ0) is 14.0. The maximum absolute atomic E-state index is 12.0. The summed E-state index contributed by atoms with van der Waals surface area (Å²) in [5.41, 5.74) is 6.34. The highest BCUT2D eigenvalue weighted by atomic mass is 79.9. The van der Waals surface area contributed by atoms with E-state index in [0.717, 1.165) is 0 Å². The summed E-state index contributed by atoms with van der Waals surface area (Å²) in [7, 11) is 0. The van der Waals surface area contributed by atoms with Gasteiger partial charge < -0.3 is 11.1 Å². The number of aromatic nitrogens is 1. The van der Waals surface area contributed by atoms with Gasteiger partial charge in [-0.05, 0) is 40.2 Å². The van der Waals surface area contributed by atoms with E-state index in [1.54, 1.807) is 18.2 Å². The molecule has 4 nitrogen and oxygen atoms in total. The Morgan fingerprint density at radius 3 is 2.68 bits per heavy atom. The third kappa shape index (κ3) is 3.18. The quantitative estimate of drug-likeness (QED) is 0.795. The number of pyridine rings is 1. The second-order valence-corrected chi connectivity index (χ2v) is 5.26. The number of hydrogen-bond acceptors (Lipinski definition) is 3. The van der Waals surface area contributed by atoms with Gasteiger partial charge in [0.1, 0.15) is 5.82 Å². The van der Waals surface area contributed by atoms with Gasteiger partial charge in [-0.25, -0.2) is 4.98 Å². The van der Waals surface area contributed by atoms with E-state index in [2.05, 4.69) is 26.2 Å². The van der Waals surface area contributed by atoms with Gasteiger partial charge >= 0.3 is 0 Å². The summed E-state index contributed by atoms with van der Waals surface area (Å²) >= 11 is 15.3. The van der Waals surface area contributed by atoms with Crippen molar-refractivity contribution in [2.45, 2.75) is 0 Å². The third-order valence-electron chi connectivity index (χ3n) is 2.33. The van der Waals surface area contributed by atoms with Crippen LogP contribution in [-0.2, 0) is 0 Å². The van der Waals surface area contributed by atoms with Crippen LogP contribution in [0.3, 0.4) is 0 Å². The van der Waals surface area contributed by atoms with Crippen molar-refractivity contribution in [2.24, 2.45) is 0 Å². The lowest BCUT2D eigenvalue weighted by molar-refractivity contribution is 0.102. The van der Waals surface area contributed by atoms with Crippen molar-refractivity contribution in [2.75, 3.05) is 11.1 Å². The van der Waals surface area contributed by atoms with Gasteiger partial charge in [-0.1, -0.05) is 23.2 Å². The fraction of sp³-hybridized carbons (Fsp3) is 0. The average Bonchev–Trinajstić information content (AvgIpc) is 2.39. The molecular formula is C12H8BrCl2N3O. The van der Waals surface area contributed by atoms with Gasteiger partial charge in [-0.3, -0.25) is 4.79 Å². The summed E-state index contributed by atoms with van der Waals surface area (Å²) in [6.45, 7) is 0. The lowest BCUT2D eigenvalue weighted by Gasteiger charge is -2.09. The maximum atomic E-state index is 12.0. The number of nitrogen functional groups attached to an aromatic ring is 1. The molecule has 2 aromatic rings. The van der Waals surface area contributed by atoms with Gasteiger partial charge in [0.25, 0.3) is 5.91 Å². The Morgan fingerprint density at radius 2 is 2.00 bits per heavy atom. The number of anilines is 2. The first-order chi connectivity index (χ1) is 8.99. The molecule has 1 aromatic carbocycles. The van der Waals surface area contributed by atoms with Gasteiger partial charge in [0.05, 0.1) is 15.7 Å². The first kappa shape index (κ1) is 14.1. The van der Waals surface area contributed by atoms with Crippen LogP contribution in [0.2, 0.25) is 10.0 Å². The summed E-state index contributed by atoms with van der Waals surface area (Å²) in [6, 6.07) is 6.38. The number of amides is 1. The third-order valence-corrected chi connectivity index (χ3v) is 4.10. The lowest BCUT2D eigenvalue weighted by atomic mass is 10.2. The number of carbonyl (C=O) groups is 1. The molecule has 0 spiro atoms. The number of halogens is 3. The molecule has 0 fully saturated rings. The Hall–Kier alpha value is -1.30. The summed E-state index contributed by atoms with van der Waals surface area (Å²) in [4.78, 5) is 15.8. The molecule has 1 amide bonds. The van der Waals surface area contributed by atoms with Crippen LogP contribution in [0.15, 0.2) is 34.9 Å². The second kappa shape index (κ2) is 5.77. The van der Waals surface area contributed by atoms with Crippen molar-refractivity contribution in [1.82, 2.24) is 4.98 Å². The molecule has 1 aromatic heterocycles. The zero-order valence-electron chi connectivity index (χ0n) is 9.45. The highest BCUT2D eigenvalue weighted by Gasteiger charge is 2.12. The fourth-order valence-corrected chi connectivity index (χ4v) is 2.23. The highest BCUT2D eigenvalue weighted by Crippen LogP contribution is 2.35. The summed E-state index contributed by atoms with van der Waals surface area (Å²) in [5.74, 6) is -0.0676. The molecule has 19 heavy (non-hydrogen) atoms. The maximum Gasteiger partial charge on any atom is 0.255 e. The van der Waals surface area contributed by atoms with E-state index >= 15 is 0 Å². The van der Waals surface area contributed by atoms with Crippen LogP contribution in [0.4, 0.5) is 11.5 Å². The van der Waals surface area contributed by atoms with Gasteiger partial charge in [0.2, 0.25) is 0 Å². The van der Waals surface area contributed by atoms with Crippen molar-refractivity contribution >= 4 is 56.5 Å². The van der Waals surface area contributed by atoms with E-state index in [-0.39, 0.29) is 16.7 Å². The van der Waals surface area contributed by atoms with E-state index < -0.39 is 0 Å². The Balaban J connectivity index is 2.27. The number of nitrogens with two attached hydrogens (primary N) is 1. The number of carbonyl (C=O) groups excluding carboxylic acids is 1. The van der Waals surface area contributed by atoms with Crippen LogP contribution >= 0.6 is 39.1 Å². The molecule has 0 aliphatic rings. The number of nitrogens with zero attached hydrogens (tertiary/aromatic N) is 1.